The zero-order valence-corrected chi connectivity index (χ0v) is 18.0. The first-order chi connectivity index (χ1) is 13.1. The fourth-order valence-corrected chi connectivity index (χ4v) is 2.82. The summed E-state index contributed by atoms with van der Waals surface area (Å²) < 4.78 is 0. The number of halogens is 1. The van der Waals surface area contributed by atoms with Crippen LogP contribution >= 0.6 is 11.6 Å². The number of rotatable bonds is 6. The van der Waals surface area contributed by atoms with Crippen LogP contribution in [0.1, 0.15) is 67.3 Å². The van der Waals surface area contributed by atoms with E-state index in [1.165, 1.54) is 0 Å². The molecule has 2 aromatic rings. The first-order valence-electron chi connectivity index (χ1n) is 9.57. The Balaban J connectivity index is 2.10. The van der Waals surface area contributed by atoms with E-state index >= 15 is 0 Å². The van der Waals surface area contributed by atoms with Crippen molar-refractivity contribution in [1.82, 2.24) is 5.32 Å². The maximum atomic E-state index is 12.6. The Morgan fingerprint density at radius 3 is 2.14 bits per heavy atom. The molecule has 0 aliphatic heterocycles. The van der Waals surface area contributed by atoms with Crippen LogP contribution in [0.15, 0.2) is 42.5 Å². The molecule has 2 N–H and O–H groups in total. The summed E-state index contributed by atoms with van der Waals surface area (Å²) in [5.74, 6) is 0.0760. The Labute approximate surface area is 172 Å². The van der Waals surface area contributed by atoms with E-state index < -0.39 is 0 Å². The van der Waals surface area contributed by atoms with E-state index in [1.807, 2.05) is 12.1 Å². The van der Waals surface area contributed by atoms with Crippen molar-refractivity contribution in [3.05, 3.63) is 64.2 Å². The molecule has 0 heterocycles. The molecule has 0 fully saturated rings. The molecule has 0 saturated carbocycles. The summed E-state index contributed by atoms with van der Waals surface area (Å²) in [7, 11) is 0. The van der Waals surface area contributed by atoms with Gasteiger partial charge in [-0.1, -0.05) is 58.4 Å². The summed E-state index contributed by atoms with van der Waals surface area (Å²) in [4.78, 5) is 24.9. The van der Waals surface area contributed by atoms with Crippen LogP contribution in [0.4, 0.5) is 5.69 Å². The number of benzene rings is 2. The highest BCUT2D eigenvalue weighted by Crippen LogP contribution is 2.25. The van der Waals surface area contributed by atoms with E-state index in [9.17, 15) is 9.59 Å². The molecule has 2 rings (SSSR count). The standard InChI is InChI=1S/C23H29ClN2O2/c1-15(2)12-13-25-21(27)17-8-11-19(24)20(14-17)26-22(28)16-6-9-18(10-7-16)23(3,4)5/h6-11,14-15H,12-13H2,1-5H3,(H,25,27)(H,26,28). The van der Waals surface area contributed by atoms with Gasteiger partial charge in [0.05, 0.1) is 10.7 Å². The molecule has 5 heteroatoms. The van der Waals surface area contributed by atoms with E-state index in [0.29, 0.717) is 34.3 Å². The molecule has 0 aliphatic rings. The third kappa shape index (κ3) is 6.10. The van der Waals surface area contributed by atoms with Crippen LogP contribution in [0.3, 0.4) is 0 Å². The lowest BCUT2D eigenvalue weighted by molar-refractivity contribution is 0.0950. The van der Waals surface area contributed by atoms with Gasteiger partial charge in [-0.3, -0.25) is 9.59 Å². The number of anilines is 1. The first-order valence-corrected chi connectivity index (χ1v) is 9.95. The van der Waals surface area contributed by atoms with Crippen molar-refractivity contribution in [1.29, 1.82) is 0 Å². The summed E-state index contributed by atoms with van der Waals surface area (Å²) in [5, 5.41) is 6.08. The van der Waals surface area contributed by atoms with E-state index in [-0.39, 0.29) is 17.2 Å². The normalized spacial score (nSPS) is 11.4. The van der Waals surface area contributed by atoms with Crippen molar-refractivity contribution >= 4 is 29.1 Å². The van der Waals surface area contributed by atoms with Crippen LogP contribution in [0.25, 0.3) is 0 Å². The molecular formula is C23H29ClN2O2. The topological polar surface area (TPSA) is 58.2 Å². The van der Waals surface area contributed by atoms with E-state index in [4.69, 9.17) is 11.6 Å². The van der Waals surface area contributed by atoms with Crippen molar-refractivity contribution < 1.29 is 9.59 Å². The van der Waals surface area contributed by atoms with Gasteiger partial charge in [0.25, 0.3) is 11.8 Å². The summed E-state index contributed by atoms with van der Waals surface area (Å²) >= 11 is 6.22. The van der Waals surface area contributed by atoms with E-state index in [0.717, 1.165) is 12.0 Å². The Hall–Kier alpha value is -2.33. The summed E-state index contributed by atoms with van der Waals surface area (Å²) in [6.07, 6.45) is 0.910. The number of carbonyl (C=O) groups excluding carboxylic acids is 2. The molecule has 0 saturated heterocycles. The Kier molecular flexibility index (Phi) is 7.25. The highest BCUT2D eigenvalue weighted by molar-refractivity contribution is 6.34. The van der Waals surface area contributed by atoms with Crippen molar-refractivity contribution in [2.75, 3.05) is 11.9 Å². The second-order valence-electron chi connectivity index (χ2n) is 8.41. The van der Waals surface area contributed by atoms with Gasteiger partial charge < -0.3 is 10.6 Å². The summed E-state index contributed by atoms with van der Waals surface area (Å²) in [5.41, 5.74) is 2.60. The number of hydrogen-bond acceptors (Lipinski definition) is 2. The van der Waals surface area contributed by atoms with Crippen LogP contribution in [0.2, 0.25) is 5.02 Å². The van der Waals surface area contributed by atoms with Crippen LogP contribution in [0, 0.1) is 5.92 Å². The van der Waals surface area contributed by atoms with Crippen LogP contribution in [0.5, 0.6) is 0 Å². The van der Waals surface area contributed by atoms with E-state index in [1.54, 1.807) is 30.3 Å². The van der Waals surface area contributed by atoms with Crippen molar-refractivity contribution in [2.24, 2.45) is 5.92 Å². The number of hydrogen-bond donors (Lipinski definition) is 2. The maximum absolute atomic E-state index is 12.6. The Morgan fingerprint density at radius 1 is 0.964 bits per heavy atom. The largest absolute Gasteiger partial charge is 0.352 e. The van der Waals surface area contributed by atoms with Gasteiger partial charge in [-0.25, -0.2) is 0 Å². The number of nitrogens with one attached hydrogen (secondary N) is 2. The zero-order valence-electron chi connectivity index (χ0n) is 17.2. The average molecular weight is 401 g/mol. The summed E-state index contributed by atoms with van der Waals surface area (Å²) in [6, 6.07) is 12.4. The minimum Gasteiger partial charge on any atom is -0.352 e. The number of carbonyl (C=O) groups is 2. The third-order valence-electron chi connectivity index (χ3n) is 4.50. The molecule has 0 atom stereocenters. The maximum Gasteiger partial charge on any atom is 0.255 e. The monoisotopic (exact) mass is 400 g/mol. The fraction of sp³-hybridized carbons (Fsp3) is 0.391. The molecule has 4 nitrogen and oxygen atoms in total. The lowest BCUT2D eigenvalue weighted by Crippen LogP contribution is -2.25. The molecule has 0 aliphatic carbocycles. The zero-order chi connectivity index (χ0) is 20.9. The molecule has 2 aromatic carbocycles. The summed E-state index contributed by atoms with van der Waals surface area (Å²) in [6.45, 7) is 11.2. The predicted octanol–water partition coefficient (Wildman–Crippen LogP) is 5.67. The van der Waals surface area contributed by atoms with Crippen LogP contribution in [-0.2, 0) is 5.41 Å². The molecule has 0 aromatic heterocycles. The smallest absolute Gasteiger partial charge is 0.255 e. The highest BCUT2D eigenvalue weighted by atomic mass is 35.5. The fourth-order valence-electron chi connectivity index (χ4n) is 2.65. The molecule has 0 radical (unpaired) electrons. The SMILES string of the molecule is CC(C)CCNC(=O)c1ccc(Cl)c(NC(=O)c2ccc(C(C)(C)C)cc2)c1. The quantitative estimate of drug-likeness (QED) is 0.656. The molecule has 0 spiro atoms. The lowest BCUT2D eigenvalue weighted by Gasteiger charge is -2.19. The number of amides is 2. The predicted molar refractivity (Wildman–Crippen MR) is 116 cm³/mol. The minimum atomic E-state index is -0.264. The second-order valence-corrected chi connectivity index (χ2v) is 8.82. The van der Waals surface area contributed by atoms with Crippen molar-refractivity contribution in [3.63, 3.8) is 0 Å². The molecule has 28 heavy (non-hydrogen) atoms. The average Bonchev–Trinajstić information content (AvgIpc) is 2.62. The van der Waals surface area contributed by atoms with Gasteiger partial charge in [-0.15, -0.1) is 0 Å². The van der Waals surface area contributed by atoms with Gasteiger partial charge in [0.2, 0.25) is 0 Å². The molecule has 0 unspecified atom stereocenters. The second kappa shape index (κ2) is 9.24. The van der Waals surface area contributed by atoms with Crippen molar-refractivity contribution in [3.8, 4) is 0 Å². The first kappa shape index (κ1) is 22.0. The van der Waals surface area contributed by atoms with Gasteiger partial charge in [-0.2, -0.15) is 0 Å². The molecule has 0 bridgehead atoms. The highest BCUT2D eigenvalue weighted by Gasteiger charge is 2.15. The van der Waals surface area contributed by atoms with Gasteiger partial charge in [0.1, 0.15) is 0 Å². The van der Waals surface area contributed by atoms with E-state index in [2.05, 4.69) is 45.3 Å². The van der Waals surface area contributed by atoms with Crippen molar-refractivity contribution in [2.45, 2.75) is 46.5 Å². The molecular weight excluding hydrogens is 372 g/mol. The third-order valence-corrected chi connectivity index (χ3v) is 4.83. The molecule has 2 amide bonds. The molecule has 150 valence electrons. The Morgan fingerprint density at radius 2 is 1.57 bits per heavy atom. The van der Waals surface area contributed by atoms with Crippen LogP contribution in [-0.4, -0.2) is 18.4 Å². The van der Waals surface area contributed by atoms with Gasteiger partial charge in [0.15, 0.2) is 0 Å². The van der Waals surface area contributed by atoms with Crippen LogP contribution < -0.4 is 10.6 Å². The lowest BCUT2D eigenvalue weighted by atomic mass is 9.87. The van der Waals surface area contributed by atoms with Gasteiger partial charge in [0, 0.05) is 17.7 Å². The van der Waals surface area contributed by atoms with Gasteiger partial charge >= 0.3 is 0 Å². The Bertz CT molecular complexity index is 837. The minimum absolute atomic E-state index is 0.0234. The van der Waals surface area contributed by atoms with Gasteiger partial charge in [-0.05, 0) is 53.6 Å².